The second kappa shape index (κ2) is 10.1. The molecule has 2 N–H and O–H groups in total. The van der Waals surface area contributed by atoms with Gasteiger partial charge in [-0.3, -0.25) is 4.79 Å². The first kappa shape index (κ1) is 22.2. The summed E-state index contributed by atoms with van der Waals surface area (Å²) in [5, 5.41) is 13.9. The molecule has 1 amide bonds. The molecule has 0 spiro atoms. The van der Waals surface area contributed by atoms with E-state index in [4.69, 9.17) is 4.98 Å². The summed E-state index contributed by atoms with van der Waals surface area (Å²) < 4.78 is 0. The third-order valence-electron chi connectivity index (χ3n) is 5.76. The van der Waals surface area contributed by atoms with E-state index in [1.807, 2.05) is 36.1 Å². The number of carbonyl (C=O) groups excluding carboxylic acids is 1. The number of anilines is 1. The van der Waals surface area contributed by atoms with Gasteiger partial charge in [0.1, 0.15) is 11.6 Å². The van der Waals surface area contributed by atoms with Crippen LogP contribution in [0.15, 0.2) is 59.5 Å². The van der Waals surface area contributed by atoms with E-state index in [1.54, 1.807) is 17.8 Å². The first-order valence-corrected chi connectivity index (χ1v) is 12.2. The Morgan fingerprint density at radius 1 is 1.09 bits per heavy atom. The van der Waals surface area contributed by atoms with Crippen LogP contribution in [-0.4, -0.2) is 46.8 Å². The van der Waals surface area contributed by atoms with Crippen LogP contribution in [0.4, 0.5) is 5.82 Å². The standard InChI is InChI=1S/C26H29N3O2S/c1-18-6-11-24(30)22(15-18)23-16-20(19-7-9-21(32-2)10-8-19)17-25(28-23)27-12-4-14-29-13-3-5-26(29)31/h6-11,15-17,30H,3-5,12-14H2,1-2H3,(H,27,28). The summed E-state index contributed by atoms with van der Waals surface area (Å²) in [4.78, 5) is 19.8. The van der Waals surface area contributed by atoms with Crippen LogP contribution in [0.3, 0.4) is 0 Å². The van der Waals surface area contributed by atoms with Crippen molar-refractivity contribution in [2.75, 3.05) is 31.2 Å². The van der Waals surface area contributed by atoms with Crippen LogP contribution in [-0.2, 0) is 4.79 Å². The maximum absolute atomic E-state index is 11.8. The van der Waals surface area contributed by atoms with Crippen LogP contribution >= 0.6 is 11.8 Å². The number of carbonyl (C=O) groups is 1. The molecule has 1 aliphatic rings. The van der Waals surface area contributed by atoms with Gasteiger partial charge in [0, 0.05) is 36.5 Å². The number of aromatic nitrogens is 1. The van der Waals surface area contributed by atoms with Gasteiger partial charge in [-0.2, -0.15) is 0 Å². The number of aryl methyl sites for hydroxylation is 1. The minimum absolute atomic E-state index is 0.219. The zero-order valence-corrected chi connectivity index (χ0v) is 19.4. The summed E-state index contributed by atoms with van der Waals surface area (Å²) in [5.74, 6) is 1.24. The number of likely N-dealkylation sites (tertiary alicyclic amines) is 1. The smallest absolute Gasteiger partial charge is 0.222 e. The van der Waals surface area contributed by atoms with Crippen molar-refractivity contribution in [3.63, 3.8) is 0 Å². The van der Waals surface area contributed by atoms with Gasteiger partial charge in [-0.1, -0.05) is 23.8 Å². The van der Waals surface area contributed by atoms with Crippen molar-refractivity contribution in [2.45, 2.75) is 31.1 Å². The lowest BCUT2D eigenvalue weighted by atomic mass is 10.0. The molecule has 3 aromatic rings. The van der Waals surface area contributed by atoms with Crippen molar-refractivity contribution in [3.8, 4) is 28.1 Å². The van der Waals surface area contributed by atoms with E-state index in [2.05, 4.69) is 35.8 Å². The molecule has 166 valence electrons. The molecular weight excluding hydrogens is 418 g/mol. The molecule has 1 saturated heterocycles. The number of amides is 1. The number of rotatable bonds is 8. The fourth-order valence-electron chi connectivity index (χ4n) is 3.99. The number of nitrogens with zero attached hydrogens (tertiary/aromatic N) is 2. The maximum Gasteiger partial charge on any atom is 0.222 e. The van der Waals surface area contributed by atoms with Crippen molar-refractivity contribution >= 4 is 23.5 Å². The number of benzene rings is 2. The topological polar surface area (TPSA) is 65.5 Å². The van der Waals surface area contributed by atoms with Gasteiger partial charge in [-0.15, -0.1) is 11.8 Å². The maximum atomic E-state index is 11.8. The number of aromatic hydroxyl groups is 1. The summed E-state index contributed by atoms with van der Waals surface area (Å²) in [6.07, 6.45) is 4.58. The highest BCUT2D eigenvalue weighted by atomic mass is 32.2. The lowest BCUT2D eigenvalue weighted by Crippen LogP contribution is -2.27. The van der Waals surface area contributed by atoms with Gasteiger partial charge in [0.15, 0.2) is 0 Å². The molecule has 1 fully saturated rings. The van der Waals surface area contributed by atoms with Crippen molar-refractivity contribution in [2.24, 2.45) is 0 Å². The lowest BCUT2D eigenvalue weighted by Gasteiger charge is -2.16. The Morgan fingerprint density at radius 2 is 1.91 bits per heavy atom. The van der Waals surface area contributed by atoms with Gasteiger partial charge in [-0.25, -0.2) is 4.98 Å². The molecule has 2 heterocycles. The highest BCUT2D eigenvalue weighted by Crippen LogP contribution is 2.33. The molecule has 0 radical (unpaired) electrons. The normalized spacial score (nSPS) is 13.6. The van der Waals surface area contributed by atoms with Gasteiger partial charge in [0.25, 0.3) is 0 Å². The van der Waals surface area contributed by atoms with E-state index >= 15 is 0 Å². The van der Waals surface area contributed by atoms with E-state index in [0.29, 0.717) is 6.42 Å². The fraction of sp³-hybridized carbons (Fsp3) is 0.308. The number of phenolic OH excluding ortho intramolecular Hbond substituents is 1. The number of nitrogens with one attached hydrogen (secondary N) is 1. The summed E-state index contributed by atoms with van der Waals surface area (Å²) in [6, 6.07) is 18.1. The molecular formula is C26H29N3O2S. The molecule has 1 aromatic heterocycles. The Kier molecular flexibility index (Phi) is 7.00. The van der Waals surface area contributed by atoms with Gasteiger partial charge >= 0.3 is 0 Å². The number of thioether (sulfide) groups is 1. The van der Waals surface area contributed by atoms with Crippen LogP contribution in [0, 0.1) is 6.92 Å². The van der Waals surface area contributed by atoms with Crippen LogP contribution in [0.1, 0.15) is 24.8 Å². The minimum Gasteiger partial charge on any atom is -0.507 e. The molecule has 0 bridgehead atoms. The van der Waals surface area contributed by atoms with Gasteiger partial charge in [0.05, 0.1) is 5.69 Å². The fourth-order valence-corrected chi connectivity index (χ4v) is 4.40. The molecule has 6 heteroatoms. The van der Waals surface area contributed by atoms with Crippen molar-refractivity contribution in [1.29, 1.82) is 0 Å². The molecule has 0 aliphatic carbocycles. The van der Waals surface area contributed by atoms with E-state index in [-0.39, 0.29) is 11.7 Å². The summed E-state index contributed by atoms with van der Waals surface area (Å²) in [6.45, 7) is 4.38. The first-order chi connectivity index (χ1) is 15.5. The van der Waals surface area contributed by atoms with Crippen LogP contribution in [0.5, 0.6) is 5.75 Å². The predicted octanol–water partition coefficient (Wildman–Crippen LogP) is 5.58. The number of phenols is 1. The monoisotopic (exact) mass is 447 g/mol. The predicted molar refractivity (Wildman–Crippen MR) is 132 cm³/mol. The molecule has 1 aliphatic heterocycles. The van der Waals surface area contributed by atoms with Crippen molar-refractivity contribution < 1.29 is 9.90 Å². The molecule has 0 atom stereocenters. The zero-order valence-electron chi connectivity index (χ0n) is 18.6. The Morgan fingerprint density at radius 3 is 2.62 bits per heavy atom. The quantitative estimate of drug-likeness (QED) is 0.349. The Balaban J connectivity index is 1.59. The third kappa shape index (κ3) is 5.25. The van der Waals surface area contributed by atoms with Gasteiger partial charge < -0.3 is 15.3 Å². The second-order valence-electron chi connectivity index (χ2n) is 8.14. The van der Waals surface area contributed by atoms with E-state index in [1.165, 1.54) is 4.90 Å². The summed E-state index contributed by atoms with van der Waals surface area (Å²) in [5.41, 5.74) is 4.66. The van der Waals surface area contributed by atoms with Crippen LogP contribution < -0.4 is 5.32 Å². The Bertz CT molecular complexity index is 1100. The Labute approximate surface area is 193 Å². The molecule has 0 saturated carbocycles. The molecule has 4 rings (SSSR count). The second-order valence-corrected chi connectivity index (χ2v) is 9.02. The zero-order chi connectivity index (χ0) is 22.5. The van der Waals surface area contributed by atoms with Crippen LogP contribution in [0.25, 0.3) is 22.4 Å². The highest BCUT2D eigenvalue weighted by molar-refractivity contribution is 7.98. The third-order valence-corrected chi connectivity index (χ3v) is 6.50. The van der Waals surface area contributed by atoms with Crippen molar-refractivity contribution in [3.05, 3.63) is 60.2 Å². The average molecular weight is 448 g/mol. The number of hydrogen-bond acceptors (Lipinski definition) is 5. The minimum atomic E-state index is 0.219. The van der Waals surface area contributed by atoms with E-state index < -0.39 is 0 Å². The molecule has 32 heavy (non-hydrogen) atoms. The number of pyridine rings is 1. The highest BCUT2D eigenvalue weighted by Gasteiger charge is 2.19. The van der Waals surface area contributed by atoms with Gasteiger partial charge in [0.2, 0.25) is 5.91 Å². The van der Waals surface area contributed by atoms with Crippen molar-refractivity contribution in [1.82, 2.24) is 9.88 Å². The van der Waals surface area contributed by atoms with Gasteiger partial charge in [-0.05, 0) is 73.5 Å². The summed E-state index contributed by atoms with van der Waals surface area (Å²) in [7, 11) is 0. The first-order valence-electron chi connectivity index (χ1n) is 11.0. The largest absolute Gasteiger partial charge is 0.507 e. The molecule has 2 aromatic carbocycles. The van der Waals surface area contributed by atoms with E-state index in [9.17, 15) is 9.90 Å². The average Bonchev–Trinajstić information content (AvgIpc) is 3.22. The SMILES string of the molecule is CSc1ccc(-c2cc(NCCCN3CCCC3=O)nc(-c3cc(C)ccc3O)c2)cc1. The molecule has 0 unspecified atom stereocenters. The van der Waals surface area contributed by atoms with E-state index in [0.717, 1.165) is 66.2 Å². The molecule has 5 nitrogen and oxygen atoms in total. The number of hydrogen-bond donors (Lipinski definition) is 2. The Hall–Kier alpha value is -2.99. The van der Waals surface area contributed by atoms with Crippen LogP contribution in [0.2, 0.25) is 0 Å². The summed E-state index contributed by atoms with van der Waals surface area (Å²) >= 11 is 1.72. The lowest BCUT2D eigenvalue weighted by molar-refractivity contribution is -0.127.